The number of nitrogens with one attached hydrogen (secondary N) is 1. The third-order valence-electron chi connectivity index (χ3n) is 9.83. The number of rotatable bonds is 17. The molecule has 54 heavy (non-hydrogen) atoms. The number of piperazine rings is 1. The number of aryl methyl sites for hydroxylation is 2. The Morgan fingerprint density at radius 3 is 2.54 bits per heavy atom. The van der Waals surface area contributed by atoms with Crippen LogP contribution < -0.4 is 14.8 Å². The Labute approximate surface area is 321 Å². The molecule has 2 fully saturated rings. The largest absolute Gasteiger partial charge is 0.492 e. The van der Waals surface area contributed by atoms with Crippen LogP contribution in [0.25, 0.3) is 5.57 Å². The van der Waals surface area contributed by atoms with Crippen molar-refractivity contribution in [1.29, 1.82) is 0 Å². The Kier molecular flexibility index (Phi) is 12.7. The van der Waals surface area contributed by atoms with Crippen molar-refractivity contribution < 1.29 is 48.0 Å². The normalized spacial score (nSPS) is 19.1. The van der Waals surface area contributed by atoms with E-state index < -0.39 is 30.1 Å². The van der Waals surface area contributed by atoms with Crippen LogP contribution in [-0.4, -0.2) is 107 Å². The Hall–Kier alpha value is -4.79. The first-order chi connectivity index (χ1) is 26.0. The van der Waals surface area contributed by atoms with Gasteiger partial charge >= 0.3 is 5.97 Å². The second-order valence-electron chi connectivity index (χ2n) is 13.8. The number of aliphatic hydroxyl groups is 1. The lowest BCUT2D eigenvalue weighted by molar-refractivity contribution is -0.170. The molecule has 1 saturated carbocycles. The molecule has 1 saturated heterocycles. The molecule has 1 aliphatic carbocycles. The van der Waals surface area contributed by atoms with E-state index in [1.54, 1.807) is 6.07 Å². The predicted molar refractivity (Wildman–Crippen MR) is 199 cm³/mol. The summed E-state index contributed by atoms with van der Waals surface area (Å²) in [6, 6.07) is 19.1. The molecule has 0 unspecified atom stereocenters. The van der Waals surface area contributed by atoms with E-state index in [2.05, 4.69) is 21.2 Å². The summed E-state index contributed by atoms with van der Waals surface area (Å²) in [7, 11) is 0. The van der Waals surface area contributed by atoms with Crippen molar-refractivity contribution in [3.05, 3.63) is 99.3 Å². The van der Waals surface area contributed by atoms with Crippen LogP contribution in [0.5, 0.6) is 11.5 Å². The summed E-state index contributed by atoms with van der Waals surface area (Å²) < 4.78 is 30.9. The van der Waals surface area contributed by atoms with Crippen LogP contribution in [0.2, 0.25) is 0 Å². The summed E-state index contributed by atoms with van der Waals surface area (Å²) in [6.45, 7) is 3.08. The highest BCUT2D eigenvalue weighted by molar-refractivity contribution is 9.10. The molecule has 2 amide bonds. The van der Waals surface area contributed by atoms with Gasteiger partial charge < -0.3 is 39.5 Å². The van der Waals surface area contributed by atoms with Crippen LogP contribution in [0.3, 0.4) is 0 Å². The monoisotopic (exact) mass is 807 g/mol. The molecule has 0 spiro atoms. The number of fused-ring (bicyclic) bond motifs is 2. The molecule has 2 aliphatic heterocycles. The van der Waals surface area contributed by atoms with E-state index in [9.17, 15) is 33.8 Å². The molecule has 3 aromatic rings. The molecular formula is C40H43BrFN3O9. The van der Waals surface area contributed by atoms with Crippen LogP contribution >= 0.6 is 15.9 Å². The smallest absolute Gasteiger partial charge is 0.337 e. The number of hydrogen-bond acceptors (Lipinski definition) is 9. The van der Waals surface area contributed by atoms with Crippen LogP contribution in [0.1, 0.15) is 42.4 Å². The van der Waals surface area contributed by atoms with E-state index in [0.717, 1.165) is 35.1 Å². The number of carbonyl (C=O) groups excluding carboxylic acids is 3. The third kappa shape index (κ3) is 9.46. The highest BCUT2D eigenvalue weighted by atomic mass is 79.9. The first kappa shape index (κ1) is 38.9. The molecule has 2 bridgehead atoms. The maximum Gasteiger partial charge on any atom is 0.337 e. The van der Waals surface area contributed by atoms with Gasteiger partial charge in [-0.25, -0.2) is 9.18 Å². The number of benzene rings is 3. The van der Waals surface area contributed by atoms with Gasteiger partial charge in [0.1, 0.15) is 23.9 Å². The second-order valence-corrected chi connectivity index (χ2v) is 14.7. The number of aliphatic carboxylic acids is 1. The topological polar surface area (TPSA) is 155 Å². The lowest BCUT2D eigenvalue weighted by atomic mass is 9.82. The molecule has 3 N–H and O–H groups in total. The highest BCUT2D eigenvalue weighted by Crippen LogP contribution is 2.37. The fourth-order valence-corrected chi connectivity index (χ4v) is 7.42. The minimum Gasteiger partial charge on any atom is -0.492 e. The van der Waals surface area contributed by atoms with E-state index in [-0.39, 0.29) is 50.0 Å². The van der Waals surface area contributed by atoms with Crippen LogP contribution in [-0.2, 0) is 30.3 Å². The molecule has 14 heteroatoms. The molecule has 3 aliphatic rings. The minimum absolute atomic E-state index is 0.0111. The zero-order valence-electron chi connectivity index (χ0n) is 29.8. The van der Waals surface area contributed by atoms with Gasteiger partial charge in [0.05, 0.1) is 23.7 Å². The molecule has 12 nitrogen and oxygen atoms in total. The third-order valence-corrected chi connectivity index (χ3v) is 10.5. The summed E-state index contributed by atoms with van der Waals surface area (Å²) in [4.78, 5) is 54.2. The SMILES string of the molecule is Cc1cccc(OCCN(C(=O)C2=C(c3ccc(CCCOc4cc(F)ccc4Br)cc3)C[C@@H]3CN(C(=O)[C@@H](OC=O)[C@H](O)C(=O)O)C[C@H]2N3)C2CC2)c1. The molecule has 3 aromatic carbocycles. The fraction of sp³-hybridized carbons (Fsp3) is 0.400. The molecule has 6 rings (SSSR count). The van der Waals surface area contributed by atoms with Crippen molar-refractivity contribution in [2.75, 3.05) is 32.8 Å². The van der Waals surface area contributed by atoms with Gasteiger partial charge in [0.2, 0.25) is 6.10 Å². The second kappa shape index (κ2) is 17.6. The first-order valence-electron chi connectivity index (χ1n) is 18.0. The number of carboxylic acid groups (broad SMARTS) is 1. The number of ether oxygens (including phenoxy) is 3. The number of amides is 2. The van der Waals surface area contributed by atoms with Crippen molar-refractivity contribution >= 4 is 45.8 Å². The Morgan fingerprint density at radius 2 is 1.83 bits per heavy atom. The summed E-state index contributed by atoms with van der Waals surface area (Å²) in [5.74, 6) is -1.95. The quantitative estimate of drug-likeness (QED) is 0.133. The molecule has 0 aromatic heterocycles. The molecule has 2 heterocycles. The zero-order chi connectivity index (χ0) is 38.4. The van der Waals surface area contributed by atoms with E-state index in [0.29, 0.717) is 54.0 Å². The van der Waals surface area contributed by atoms with Crippen LogP contribution in [0.4, 0.5) is 4.39 Å². The first-order valence-corrected chi connectivity index (χ1v) is 18.8. The van der Waals surface area contributed by atoms with Crippen molar-refractivity contribution in [3.63, 3.8) is 0 Å². The van der Waals surface area contributed by atoms with Gasteiger partial charge in [-0.3, -0.25) is 14.4 Å². The Balaban J connectivity index is 1.23. The standard InChI is InChI=1S/C40H43BrFN3O9/c1-24-4-2-6-30(18-24)52-17-15-45(29-12-13-29)38(48)35-31(20-28-21-44(22-33(35)43-28)39(49)37(54-23-46)36(47)40(50)51)26-9-7-25(8-10-26)5-3-16-53-34-19-27(42)11-14-32(34)41/h2,4,6-11,14,18-19,23,28-29,33,36-37,43,47H,3,5,12-13,15-17,20-22H2,1H3,(H,50,51)/t28-,33-,36+,37+/m1/s1. The van der Waals surface area contributed by atoms with Gasteiger partial charge in [0.15, 0.2) is 6.10 Å². The summed E-state index contributed by atoms with van der Waals surface area (Å²) in [5.41, 5.74) is 4.34. The molecule has 286 valence electrons. The predicted octanol–water partition coefficient (Wildman–Crippen LogP) is 4.29. The Bertz CT molecular complexity index is 1890. The summed E-state index contributed by atoms with van der Waals surface area (Å²) in [6.07, 6.45) is -0.680. The van der Waals surface area contributed by atoms with Gasteiger partial charge in [-0.2, -0.15) is 0 Å². The lowest BCUT2D eigenvalue weighted by Crippen LogP contribution is -2.64. The maximum absolute atomic E-state index is 14.7. The van der Waals surface area contributed by atoms with Crippen LogP contribution in [0, 0.1) is 12.7 Å². The van der Waals surface area contributed by atoms with E-state index >= 15 is 0 Å². The van der Waals surface area contributed by atoms with Crippen molar-refractivity contribution in [2.24, 2.45) is 0 Å². The molecular weight excluding hydrogens is 765 g/mol. The average molecular weight is 809 g/mol. The van der Waals surface area contributed by atoms with Crippen molar-refractivity contribution in [1.82, 2.24) is 15.1 Å². The Morgan fingerprint density at radius 1 is 1.06 bits per heavy atom. The number of aliphatic hydroxyl groups excluding tert-OH is 1. The average Bonchev–Trinajstić information content (AvgIpc) is 4.00. The van der Waals surface area contributed by atoms with Crippen molar-refractivity contribution in [2.45, 2.75) is 69.4 Å². The van der Waals surface area contributed by atoms with Gasteiger partial charge in [-0.1, -0.05) is 36.4 Å². The highest BCUT2D eigenvalue weighted by Gasteiger charge is 2.46. The number of hydrogen-bond donors (Lipinski definition) is 3. The number of halogens is 2. The number of nitrogens with zero attached hydrogens (tertiary/aromatic N) is 2. The van der Waals surface area contributed by atoms with E-state index in [4.69, 9.17) is 14.2 Å². The number of carbonyl (C=O) groups is 4. The summed E-state index contributed by atoms with van der Waals surface area (Å²) >= 11 is 3.38. The lowest BCUT2D eigenvalue weighted by Gasteiger charge is -2.45. The number of carboxylic acids is 1. The summed E-state index contributed by atoms with van der Waals surface area (Å²) in [5, 5.41) is 23.1. The van der Waals surface area contributed by atoms with Crippen LogP contribution in [0.15, 0.2) is 76.8 Å². The van der Waals surface area contributed by atoms with Gasteiger partial charge in [0, 0.05) is 36.8 Å². The van der Waals surface area contributed by atoms with Gasteiger partial charge in [-0.05, 0) is 101 Å². The van der Waals surface area contributed by atoms with Gasteiger partial charge in [0.25, 0.3) is 18.3 Å². The van der Waals surface area contributed by atoms with Gasteiger partial charge in [-0.15, -0.1) is 0 Å². The van der Waals surface area contributed by atoms with E-state index in [1.807, 2.05) is 60.4 Å². The fourth-order valence-electron chi connectivity index (χ4n) is 7.06. The molecule has 4 atom stereocenters. The molecule has 0 radical (unpaired) electrons. The zero-order valence-corrected chi connectivity index (χ0v) is 31.4. The minimum atomic E-state index is -2.25. The maximum atomic E-state index is 14.7. The van der Waals surface area contributed by atoms with E-state index in [1.165, 1.54) is 17.0 Å². The van der Waals surface area contributed by atoms with Crippen molar-refractivity contribution in [3.8, 4) is 11.5 Å².